The van der Waals surface area contributed by atoms with Gasteiger partial charge in [-0.25, -0.2) is 4.79 Å². The lowest BCUT2D eigenvalue weighted by Gasteiger charge is -2.09. The molecule has 0 bridgehead atoms. The Morgan fingerprint density at radius 2 is 2.14 bits per heavy atom. The van der Waals surface area contributed by atoms with E-state index in [4.69, 9.17) is 4.74 Å². The Bertz CT molecular complexity index is 582. The molecule has 0 saturated carbocycles. The first-order valence-corrected chi connectivity index (χ1v) is 5.89. The van der Waals surface area contributed by atoms with Gasteiger partial charge in [0.15, 0.2) is 6.61 Å². The predicted molar refractivity (Wildman–Crippen MR) is 74.1 cm³/mol. The molecule has 112 valence electrons. The Morgan fingerprint density at radius 3 is 2.71 bits per heavy atom. The van der Waals surface area contributed by atoms with Gasteiger partial charge in [0.1, 0.15) is 5.75 Å². The number of non-ortho nitro benzene ring substituents is 1. The van der Waals surface area contributed by atoms with Crippen LogP contribution in [0, 0.1) is 10.1 Å². The van der Waals surface area contributed by atoms with Crippen molar-refractivity contribution in [1.82, 2.24) is 0 Å². The van der Waals surface area contributed by atoms with E-state index in [1.54, 1.807) is 6.92 Å². The predicted octanol–water partition coefficient (Wildman–Crippen LogP) is 1.66. The standard InChI is InChI=1S/C13H14N2O6/c1-3-4-13(17)21-8-12(16)14-10-6-5-9(15(18)19)7-11(10)20-2/h3-7H,8H2,1-2H3,(H,14,16). The molecule has 0 aliphatic carbocycles. The van der Waals surface area contributed by atoms with Gasteiger partial charge in [-0.1, -0.05) is 6.08 Å². The Morgan fingerprint density at radius 1 is 1.43 bits per heavy atom. The Balaban J connectivity index is 2.71. The lowest BCUT2D eigenvalue weighted by molar-refractivity contribution is -0.384. The molecule has 0 fully saturated rings. The summed E-state index contributed by atoms with van der Waals surface area (Å²) in [7, 11) is 1.32. The van der Waals surface area contributed by atoms with Gasteiger partial charge in [0, 0.05) is 12.1 Å². The fourth-order valence-electron chi connectivity index (χ4n) is 1.40. The number of carbonyl (C=O) groups is 2. The van der Waals surface area contributed by atoms with Crippen molar-refractivity contribution in [2.45, 2.75) is 6.92 Å². The molecular weight excluding hydrogens is 280 g/mol. The zero-order chi connectivity index (χ0) is 15.8. The molecule has 0 aromatic heterocycles. The first-order chi connectivity index (χ1) is 9.97. The molecule has 0 unspecified atom stereocenters. The fourth-order valence-corrected chi connectivity index (χ4v) is 1.40. The minimum absolute atomic E-state index is 0.136. The molecule has 0 atom stereocenters. The van der Waals surface area contributed by atoms with Gasteiger partial charge in [-0.15, -0.1) is 0 Å². The largest absolute Gasteiger partial charge is 0.494 e. The number of ether oxygens (including phenoxy) is 2. The van der Waals surface area contributed by atoms with Crippen molar-refractivity contribution >= 4 is 23.3 Å². The SMILES string of the molecule is CC=CC(=O)OCC(=O)Nc1ccc([N+](=O)[O-])cc1OC. The number of nitrogens with zero attached hydrogens (tertiary/aromatic N) is 1. The molecule has 0 heterocycles. The lowest BCUT2D eigenvalue weighted by atomic mass is 10.2. The molecular formula is C13H14N2O6. The van der Waals surface area contributed by atoms with Gasteiger partial charge >= 0.3 is 5.97 Å². The number of nitro benzene ring substituents is 1. The summed E-state index contributed by atoms with van der Waals surface area (Å²) in [6, 6.07) is 3.74. The van der Waals surface area contributed by atoms with Crippen LogP contribution in [-0.4, -0.2) is 30.5 Å². The molecule has 1 aromatic carbocycles. The molecule has 8 nitrogen and oxygen atoms in total. The average molecular weight is 294 g/mol. The van der Waals surface area contributed by atoms with E-state index in [-0.39, 0.29) is 17.1 Å². The minimum Gasteiger partial charge on any atom is -0.494 e. The number of benzene rings is 1. The highest BCUT2D eigenvalue weighted by Crippen LogP contribution is 2.28. The van der Waals surface area contributed by atoms with Crippen LogP contribution in [-0.2, 0) is 14.3 Å². The maximum atomic E-state index is 11.6. The van der Waals surface area contributed by atoms with Crippen molar-refractivity contribution in [3.63, 3.8) is 0 Å². The molecule has 1 N–H and O–H groups in total. The fraction of sp³-hybridized carbons (Fsp3) is 0.231. The normalized spacial score (nSPS) is 10.2. The van der Waals surface area contributed by atoms with Crippen molar-refractivity contribution in [3.8, 4) is 5.75 Å². The number of nitrogens with one attached hydrogen (secondary N) is 1. The van der Waals surface area contributed by atoms with Crippen LogP contribution in [0.2, 0.25) is 0 Å². The number of anilines is 1. The zero-order valence-corrected chi connectivity index (χ0v) is 11.5. The van der Waals surface area contributed by atoms with Crippen LogP contribution < -0.4 is 10.1 Å². The van der Waals surface area contributed by atoms with Crippen molar-refractivity contribution in [1.29, 1.82) is 0 Å². The summed E-state index contributed by atoms with van der Waals surface area (Å²) in [6.07, 6.45) is 2.67. The molecule has 21 heavy (non-hydrogen) atoms. The van der Waals surface area contributed by atoms with Crippen LogP contribution in [0.1, 0.15) is 6.92 Å². The highest BCUT2D eigenvalue weighted by Gasteiger charge is 2.14. The number of rotatable bonds is 6. The minimum atomic E-state index is -0.636. The highest BCUT2D eigenvalue weighted by atomic mass is 16.6. The first kappa shape index (κ1) is 16.2. The maximum absolute atomic E-state index is 11.6. The molecule has 8 heteroatoms. The smallest absolute Gasteiger partial charge is 0.330 e. The lowest BCUT2D eigenvalue weighted by Crippen LogP contribution is -2.20. The number of hydrogen-bond acceptors (Lipinski definition) is 6. The van der Waals surface area contributed by atoms with E-state index >= 15 is 0 Å². The van der Waals surface area contributed by atoms with Crippen LogP contribution >= 0.6 is 0 Å². The third-order valence-corrected chi connectivity index (χ3v) is 2.32. The van der Waals surface area contributed by atoms with Gasteiger partial charge in [0.25, 0.3) is 11.6 Å². The highest BCUT2D eigenvalue weighted by molar-refractivity contribution is 5.95. The third-order valence-electron chi connectivity index (χ3n) is 2.32. The van der Waals surface area contributed by atoms with Crippen LogP contribution in [0.4, 0.5) is 11.4 Å². The summed E-state index contributed by atoms with van der Waals surface area (Å²) in [4.78, 5) is 32.7. The van der Waals surface area contributed by atoms with Crippen LogP contribution in [0.25, 0.3) is 0 Å². The molecule has 1 amide bonds. The monoisotopic (exact) mass is 294 g/mol. The van der Waals surface area contributed by atoms with E-state index in [1.807, 2.05) is 0 Å². The van der Waals surface area contributed by atoms with Gasteiger partial charge in [-0.3, -0.25) is 14.9 Å². The van der Waals surface area contributed by atoms with E-state index in [0.717, 1.165) is 0 Å². The summed E-state index contributed by atoms with van der Waals surface area (Å²) in [5, 5.41) is 13.1. The van der Waals surface area contributed by atoms with Crippen molar-refractivity contribution < 1.29 is 24.0 Å². The Kier molecular flexibility index (Phi) is 5.87. The number of carbonyl (C=O) groups excluding carboxylic acids is 2. The zero-order valence-electron chi connectivity index (χ0n) is 11.5. The summed E-state index contributed by atoms with van der Waals surface area (Å²) < 4.78 is 9.63. The topological polar surface area (TPSA) is 108 Å². The quantitative estimate of drug-likeness (QED) is 0.370. The Labute approximate surface area is 120 Å². The van der Waals surface area contributed by atoms with E-state index in [0.29, 0.717) is 0 Å². The number of hydrogen-bond donors (Lipinski definition) is 1. The number of methoxy groups -OCH3 is 1. The molecule has 0 saturated heterocycles. The number of esters is 1. The molecule has 0 radical (unpaired) electrons. The van der Waals surface area contributed by atoms with Gasteiger partial charge in [-0.2, -0.15) is 0 Å². The third kappa shape index (κ3) is 4.94. The van der Waals surface area contributed by atoms with Crippen molar-refractivity contribution in [2.24, 2.45) is 0 Å². The van der Waals surface area contributed by atoms with Gasteiger partial charge in [0.05, 0.1) is 23.8 Å². The van der Waals surface area contributed by atoms with E-state index in [1.165, 1.54) is 37.5 Å². The van der Waals surface area contributed by atoms with Crippen molar-refractivity contribution in [2.75, 3.05) is 19.0 Å². The van der Waals surface area contributed by atoms with Crippen LogP contribution in [0.3, 0.4) is 0 Å². The second kappa shape index (κ2) is 7.63. The second-order valence-corrected chi connectivity index (χ2v) is 3.80. The summed E-state index contributed by atoms with van der Waals surface area (Å²) >= 11 is 0. The van der Waals surface area contributed by atoms with Gasteiger partial charge in [-0.05, 0) is 13.0 Å². The van der Waals surface area contributed by atoms with E-state index in [9.17, 15) is 19.7 Å². The summed E-state index contributed by atoms with van der Waals surface area (Å²) in [5.74, 6) is -1.08. The molecule has 0 spiro atoms. The average Bonchev–Trinajstić information content (AvgIpc) is 2.45. The van der Waals surface area contributed by atoms with Gasteiger partial charge < -0.3 is 14.8 Å². The summed E-state index contributed by atoms with van der Waals surface area (Å²) in [6.45, 7) is 1.17. The van der Waals surface area contributed by atoms with E-state index < -0.39 is 23.4 Å². The van der Waals surface area contributed by atoms with Crippen LogP contribution in [0.15, 0.2) is 30.4 Å². The maximum Gasteiger partial charge on any atom is 0.330 e. The van der Waals surface area contributed by atoms with Crippen LogP contribution in [0.5, 0.6) is 5.75 Å². The number of allylic oxidation sites excluding steroid dienone is 1. The second-order valence-electron chi connectivity index (χ2n) is 3.80. The molecule has 1 rings (SSSR count). The number of nitro groups is 1. The van der Waals surface area contributed by atoms with E-state index in [2.05, 4.69) is 10.1 Å². The van der Waals surface area contributed by atoms with Gasteiger partial charge in [0.2, 0.25) is 0 Å². The Hall–Kier alpha value is -2.90. The molecule has 1 aromatic rings. The summed E-state index contributed by atoms with van der Waals surface area (Å²) in [5.41, 5.74) is 0.0829. The first-order valence-electron chi connectivity index (χ1n) is 5.89. The number of amides is 1. The van der Waals surface area contributed by atoms with Crippen molar-refractivity contribution in [3.05, 3.63) is 40.5 Å². The molecule has 0 aliphatic heterocycles. The molecule has 0 aliphatic rings.